The van der Waals surface area contributed by atoms with Gasteiger partial charge in [-0.05, 0) is 18.2 Å². The van der Waals surface area contributed by atoms with Crippen molar-refractivity contribution in [2.75, 3.05) is 18.1 Å². The van der Waals surface area contributed by atoms with Gasteiger partial charge in [-0.1, -0.05) is 0 Å². The molecule has 0 amide bonds. The van der Waals surface area contributed by atoms with Crippen molar-refractivity contribution in [3.05, 3.63) is 53.4 Å². The van der Waals surface area contributed by atoms with Crippen molar-refractivity contribution in [3.8, 4) is 16.8 Å². The first-order valence-electron chi connectivity index (χ1n) is 9.52. The fourth-order valence-corrected chi connectivity index (χ4v) is 3.73. The third-order valence-electron chi connectivity index (χ3n) is 4.64. The maximum atomic E-state index is 10.6. The molecule has 4 rings (SSSR count). The Morgan fingerprint density at radius 3 is 2.87 bits per heavy atom. The van der Waals surface area contributed by atoms with Crippen molar-refractivity contribution in [3.63, 3.8) is 0 Å². The molecule has 0 bridgehead atoms. The van der Waals surface area contributed by atoms with Gasteiger partial charge in [0.2, 0.25) is 0 Å². The first-order chi connectivity index (χ1) is 15.0. The van der Waals surface area contributed by atoms with Crippen LogP contribution in [0.15, 0.2) is 42.2 Å². The number of nitrogens with two attached hydrogens (primary N) is 1. The highest BCUT2D eigenvalue weighted by molar-refractivity contribution is 7.13. The van der Waals surface area contributed by atoms with Gasteiger partial charge in [-0.25, -0.2) is 9.97 Å². The van der Waals surface area contributed by atoms with Gasteiger partial charge in [0, 0.05) is 43.2 Å². The number of nitrogen functional groups attached to an aromatic ring is 1. The van der Waals surface area contributed by atoms with Crippen LogP contribution in [0.4, 0.5) is 11.4 Å². The maximum Gasteiger partial charge on any atom is 0.170 e. The number of pyridine rings is 2. The zero-order valence-corrected chi connectivity index (χ0v) is 17.6. The molecule has 31 heavy (non-hydrogen) atoms. The molecule has 1 fully saturated rings. The fraction of sp³-hybridized carbons (Fsp3) is 0.286. The molecule has 1 aliphatic rings. The summed E-state index contributed by atoms with van der Waals surface area (Å²) in [6, 6.07) is 7.31. The number of nitriles is 1. The lowest BCUT2D eigenvalue weighted by atomic mass is 9.96. The summed E-state index contributed by atoms with van der Waals surface area (Å²) in [5.41, 5.74) is 8.67. The number of nitrogens with one attached hydrogen (secondary N) is 1. The van der Waals surface area contributed by atoms with E-state index in [0.29, 0.717) is 30.5 Å². The maximum absolute atomic E-state index is 10.6. The number of nitrogens with zero attached hydrogens (tertiary/aromatic N) is 4. The number of aliphatic hydroxyl groups excluding tert-OH is 1. The molecule has 4 heterocycles. The Labute approximate surface area is 183 Å². The van der Waals surface area contributed by atoms with Crippen LogP contribution in [0.25, 0.3) is 10.7 Å². The van der Waals surface area contributed by atoms with Crippen LogP contribution in [0.3, 0.4) is 0 Å². The van der Waals surface area contributed by atoms with E-state index in [-0.39, 0.29) is 11.8 Å². The van der Waals surface area contributed by atoms with Crippen molar-refractivity contribution in [1.29, 1.82) is 5.26 Å². The number of ether oxygens (including phenoxy) is 1. The molecule has 0 saturated carbocycles. The van der Waals surface area contributed by atoms with Crippen LogP contribution < -0.4 is 11.1 Å². The van der Waals surface area contributed by atoms with Gasteiger partial charge in [-0.3, -0.25) is 9.78 Å². The van der Waals surface area contributed by atoms with Crippen LogP contribution in [-0.4, -0.2) is 45.6 Å². The summed E-state index contributed by atoms with van der Waals surface area (Å²) >= 11 is 1.47. The Bertz CT molecular complexity index is 1050. The molecule has 0 aromatic carbocycles. The normalized spacial score (nSPS) is 20.1. The average Bonchev–Trinajstić information content (AvgIpc) is 3.34. The van der Waals surface area contributed by atoms with E-state index in [1.54, 1.807) is 30.7 Å². The Hall–Kier alpha value is -3.39. The first kappa shape index (κ1) is 22.3. The molecule has 0 radical (unpaired) electrons. The topological polar surface area (TPSA) is 147 Å². The second-order valence-electron chi connectivity index (χ2n) is 6.71. The number of hydrogen-bond donors (Lipinski definition) is 3. The molecule has 9 nitrogen and oxygen atoms in total. The second kappa shape index (κ2) is 10.6. The van der Waals surface area contributed by atoms with Crippen LogP contribution in [0, 0.1) is 11.3 Å². The van der Waals surface area contributed by atoms with Gasteiger partial charge < -0.3 is 20.9 Å². The second-order valence-corrected chi connectivity index (χ2v) is 7.60. The van der Waals surface area contributed by atoms with Gasteiger partial charge in [-0.2, -0.15) is 5.26 Å². The van der Waals surface area contributed by atoms with Crippen molar-refractivity contribution >= 4 is 29.0 Å². The van der Waals surface area contributed by atoms with Crippen molar-refractivity contribution in [2.45, 2.75) is 31.2 Å². The van der Waals surface area contributed by atoms with Gasteiger partial charge in [0.25, 0.3) is 0 Å². The van der Waals surface area contributed by atoms with E-state index in [2.05, 4.69) is 26.3 Å². The number of carbonyl (C=O) groups is 1. The Morgan fingerprint density at radius 1 is 1.35 bits per heavy atom. The summed E-state index contributed by atoms with van der Waals surface area (Å²) in [5.74, 6) is 0. The van der Waals surface area contributed by atoms with E-state index in [9.17, 15) is 9.90 Å². The van der Waals surface area contributed by atoms with Gasteiger partial charge in [0.05, 0.1) is 41.5 Å². The lowest BCUT2D eigenvalue weighted by molar-refractivity contribution is -0.0744. The summed E-state index contributed by atoms with van der Waals surface area (Å²) in [7, 11) is 1.81. The zero-order chi connectivity index (χ0) is 22.2. The number of aromatic nitrogens is 3. The summed E-state index contributed by atoms with van der Waals surface area (Å²) in [6.45, 7) is 0. The number of thiazole rings is 1. The molecule has 2 unspecified atom stereocenters. The lowest BCUT2D eigenvalue weighted by Gasteiger charge is -2.30. The number of rotatable bonds is 4. The Kier molecular flexibility index (Phi) is 7.61. The monoisotopic (exact) mass is 438 g/mol. The molecule has 1 saturated heterocycles. The van der Waals surface area contributed by atoms with E-state index in [1.807, 2.05) is 18.5 Å². The van der Waals surface area contributed by atoms with Crippen molar-refractivity contribution in [1.82, 2.24) is 15.0 Å². The van der Waals surface area contributed by atoms with Gasteiger partial charge in [-0.15, -0.1) is 11.3 Å². The van der Waals surface area contributed by atoms with Gasteiger partial charge >= 0.3 is 0 Å². The highest BCUT2D eigenvalue weighted by atomic mass is 32.1. The van der Waals surface area contributed by atoms with E-state index in [4.69, 9.17) is 15.7 Å². The zero-order valence-electron chi connectivity index (χ0n) is 16.8. The summed E-state index contributed by atoms with van der Waals surface area (Å²) in [6.07, 6.45) is 5.34. The molecule has 4 N–H and O–H groups in total. The van der Waals surface area contributed by atoms with Crippen LogP contribution in [-0.2, 0) is 4.74 Å². The van der Waals surface area contributed by atoms with Crippen LogP contribution in [0.5, 0.6) is 0 Å². The van der Waals surface area contributed by atoms with Gasteiger partial charge in [0.1, 0.15) is 16.8 Å². The van der Waals surface area contributed by atoms with Gasteiger partial charge in [0.15, 0.2) is 6.29 Å². The molecule has 3 aromatic rings. The highest BCUT2D eigenvalue weighted by Crippen LogP contribution is 2.34. The van der Waals surface area contributed by atoms with Crippen molar-refractivity contribution in [2.24, 2.45) is 0 Å². The summed E-state index contributed by atoms with van der Waals surface area (Å²) in [4.78, 5) is 22.8. The number of aldehydes is 1. The number of carbonyl (C=O) groups excluding carboxylic acids is 1. The standard InChI is InChI=1S/C12H15N3O2.C9H7N3OS/c1-14-11-7-15-3-2-10(11)12-5-8(16)4-9(6-13)17-12;10-6-1-2-7(12-8(6)5-13)9-11-3-4-14-9/h2-3,7-9,12,14,16H,4-5H2,1H3;1-5H,10H2/t8?,9-,12?;/m0./s1. The molecule has 160 valence electrons. The van der Waals surface area contributed by atoms with E-state index < -0.39 is 12.2 Å². The number of aliphatic hydroxyl groups is 1. The predicted molar refractivity (Wildman–Crippen MR) is 117 cm³/mol. The molecule has 3 atom stereocenters. The third kappa shape index (κ3) is 5.61. The van der Waals surface area contributed by atoms with Crippen LogP contribution in [0.1, 0.15) is 35.0 Å². The van der Waals surface area contributed by atoms with E-state index >= 15 is 0 Å². The van der Waals surface area contributed by atoms with E-state index in [1.165, 1.54) is 11.3 Å². The van der Waals surface area contributed by atoms with Crippen LogP contribution in [0.2, 0.25) is 0 Å². The smallest absolute Gasteiger partial charge is 0.170 e. The third-order valence-corrected chi connectivity index (χ3v) is 5.43. The average molecular weight is 439 g/mol. The number of hydrogen-bond acceptors (Lipinski definition) is 10. The fourth-order valence-electron chi connectivity index (χ4n) is 3.13. The molecule has 0 spiro atoms. The minimum Gasteiger partial charge on any atom is -0.397 e. The quantitative estimate of drug-likeness (QED) is 0.523. The first-order valence-corrected chi connectivity index (χ1v) is 10.4. The minimum atomic E-state index is -0.540. The summed E-state index contributed by atoms with van der Waals surface area (Å²) < 4.78 is 5.65. The largest absolute Gasteiger partial charge is 0.397 e. The molecule has 3 aromatic heterocycles. The molecular weight excluding hydrogens is 416 g/mol. The SMILES string of the molecule is CNc1cnccc1C1CC(O)C[C@@H](C#N)O1.Nc1ccc(-c2nccs2)nc1C=O. The predicted octanol–water partition coefficient (Wildman–Crippen LogP) is 2.83. The molecule has 10 heteroatoms. The molecule has 0 aliphatic carbocycles. The summed E-state index contributed by atoms with van der Waals surface area (Å²) in [5, 5.41) is 24.3. The minimum absolute atomic E-state index is 0.256. The molecule has 1 aliphatic heterocycles. The number of anilines is 2. The van der Waals surface area contributed by atoms with Crippen LogP contribution >= 0.6 is 11.3 Å². The lowest BCUT2D eigenvalue weighted by Crippen LogP contribution is -2.30. The highest BCUT2D eigenvalue weighted by Gasteiger charge is 2.30. The Morgan fingerprint density at radius 2 is 2.19 bits per heavy atom. The van der Waals surface area contributed by atoms with Crippen molar-refractivity contribution < 1.29 is 14.6 Å². The molecular formula is C21H22N6O3S. The van der Waals surface area contributed by atoms with E-state index in [0.717, 1.165) is 16.3 Å². The Balaban J connectivity index is 0.000000179.